The zero-order chi connectivity index (χ0) is 13.2. The lowest BCUT2D eigenvalue weighted by molar-refractivity contribution is 0.0176. The molecule has 0 aliphatic rings. The van der Waals surface area contributed by atoms with Crippen molar-refractivity contribution in [1.29, 1.82) is 0 Å². The van der Waals surface area contributed by atoms with E-state index < -0.39 is 19.1 Å². The molecule has 0 aliphatic carbocycles. The Morgan fingerprint density at radius 3 is 2.94 bits per heavy atom. The largest absolute Gasteiger partial charge is 0.473 e. The second-order valence-electron chi connectivity index (χ2n) is 3.38. The minimum atomic E-state index is -2.45. The Balaban J connectivity index is 1.92. The van der Waals surface area contributed by atoms with Crippen LogP contribution in [0.5, 0.6) is 5.88 Å². The Morgan fingerprint density at radius 1 is 1.44 bits per heavy atom. The minimum Gasteiger partial charge on any atom is -0.473 e. The van der Waals surface area contributed by atoms with Gasteiger partial charge in [-0.3, -0.25) is 0 Å². The van der Waals surface area contributed by atoms with Gasteiger partial charge in [0.05, 0.1) is 18.3 Å². The monoisotopic (exact) mass is 283 g/mol. The highest BCUT2D eigenvalue weighted by molar-refractivity contribution is 6.99. The first kappa shape index (κ1) is 15.2. The fourth-order valence-electron chi connectivity index (χ4n) is 1.05. The van der Waals surface area contributed by atoms with Crippen molar-refractivity contribution in [2.45, 2.75) is 12.5 Å². The van der Waals surface area contributed by atoms with Crippen LogP contribution in [0.1, 0.15) is 0 Å². The molecule has 0 aliphatic heterocycles. The molecule has 0 radical (unpaired) electrons. The lowest BCUT2D eigenvalue weighted by Crippen LogP contribution is -2.33. The van der Waals surface area contributed by atoms with Crippen LogP contribution in [0, 0.1) is 0 Å². The molecule has 0 amide bonds. The van der Waals surface area contributed by atoms with Gasteiger partial charge in [-0.2, -0.15) is 4.37 Å². The van der Waals surface area contributed by atoms with E-state index in [0.29, 0.717) is 12.4 Å². The number of ether oxygens (including phenoxy) is 2. The first-order valence-corrected chi connectivity index (χ1v) is 6.06. The Labute approximate surface area is 107 Å². The Morgan fingerprint density at radius 2 is 2.28 bits per heavy atom. The number of nitrogens with zero attached hydrogens (tertiary/aromatic N) is 2. The number of aliphatic hydroxyl groups excluding tert-OH is 1. The van der Waals surface area contributed by atoms with Crippen molar-refractivity contribution >= 4 is 11.7 Å². The van der Waals surface area contributed by atoms with Crippen LogP contribution < -0.4 is 10.1 Å². The van der Waals surface area contributed by atoms with Crippen molar-refractivity contribution in [3.05, 3.63) is 6.20 Å². The first-order valence-electron chi connectivity index (χ1n) is 5.33. The number of halogens is 2. The summed E-state index contributed by atoms with van der Waals surface area (Å²) in [5, 5.41) is 12.4. The average Bonchev–Trinajstić information content (AvgIpc) is 2.83. The molecular weight excluding hydrogens is 268 g/mol. The highest BCUT2D eigenvalue weighted by Gasteiger charge is 2.06. The maximum Gasteiger partial charge on any atom is 0.261 e. The van der Waals surface area contributed by atoms with Crippen LogP contribution in [-0.4, -0.2) is 59.3 Å². The number of aromatic nitrogens is 2. The van der Waals surface area contributed by atoms with Crippen molar-refractivity contribution < 1.29 is 23.4 Å². The number of hydrogen-bond acceptors (Lipinski definition) is 7. The van der Waals surface area contributed by atoms with E-state index in [0.717, 1.165) is 11.7 Å². The molecule has 104 valence electrons. The topological polar surface area (TPSA) is 76.5 Å². The van der Waals surface area contributed by atoms with Gasteiger partial charge in [0.25, 0.3) is 6.43 Å². The Bertz CT molecular complexity index is 303. The van der Waals surface area contributed by atoms with E-state index in [9.17, 15) is 13.9 Å². The molecule has 2 N–H and O–H groups in total. The molecule has 18 heavy (non-hydrogen) atoms. The zero-order valence-electron chi connectivity index (χ0n) is 9.59. The number of nitrogens with one attached hydrogen (secondary N) is 1. The standard InChI is InChI=1S/C9H15F2N3O3S/c10-8(11)6-16-2-1-12-3-7(15)5-17-9-4-13-18-14-9/h4,7-8,12,15H,1-3,5-6H2. The predicted octanol–water partition coefficient (Wildman–Crippen LogP) is 0.149. The number of hydrogen-bond donors (Lipinski definition) is 2. The average molecular weight is 283 g/mol. The van der Waals surface area contributed by atoms with Gasteiger partial charge >= 0.3 is 0 Å². The molecule has 1 rings (SSSR count). The van der Waals surface area contributed by atoms with Gasteiger partial charge in [0.2, 0.25) is 5.88 Å². The van der Waals surface area contributed by atoms with E-state index in [-0.39, 0.29) is 19.8 Å². The molecule has 0 spiro atoms. The molecule has 1 aromatic rings. The van der Waals surface area contributed by atoms with Crippen LogP contribution in [0.2, 0.25) is 0 Å². The molecule has 0 fully saturated rings. The minimum absolute atomic E-state index is 0.0936. The van der Waals surface area contributed by atoms with Gasteiger partial charge in [0, 0.05) is 13.1 Å². The third kappa shape index (κ3) is 7.43. The lowest BCUT2D eigenvalue weighted by atomic mass is 10.4. The molecule has 1 atom stereocenters. The van der Waals surface area contributed by atoms with Crippen molar-refractivity contribution in [2.24, 2.45) is 0 Å². The zero-order valence-corrected chi connectivity index (χ0v) is 10.4. The van der Waals surface area contributed by atoms with Crippen LogP contribution >= 0.6 is 11.7 Å². The Kier molecular flexibility index (Phi) is 7.65. The van der Waals surface area contributed by atoms with Crippen molar-refractivity contribution in [3.8, 4) is 5.88 Å². The molecule has 1 unspecified atom stereocenters. The summed E-state index contributed by atoms with van der Waals surface area (Å²) in [5.41, 5.74) is 0. The molecule has 6 nitrogen and oxygen atoms in total. The third-order valence-electron chi connectivity index (χ3n) is 1.81. The predicted molar refractivity (Wildman–Crippen MR) is 61.1 cm³/mol. The molecular formula is C9H15F2N3O3S. The summed E-state index contributed by atoms with van der Waals surface area (Å²) in [5.74, 6) is 0.374. The second kappa shape index (κ2) is 9.09. The van der Waals surface area contributed by atoms with Gasteiger partial charge in [0.15, 0.2) is 0 Å². The second-order valence-corrected chi connectivity index (χ2v) is 3.94. The number of rotatable bonds is 10. The number of aliphatic hydroxyl groups is 1. The summed E-state index contributed by atoms with van der Waals surface area (Å²) in [6.07, 6.45) is -1.69. The van der Waals surface area contributed by atoms with Crippen LogP contribution in [-0.2, 0) is 4.74 Å². The van der Waals surface area contributed by atoms with E-state index in [1.54, 1.807) is 0 Å². The van der Waals surface area contributed by atoms with E-state index >= 15 is 0 Å². The summed E-state index contributed by atoms with van der Waals surface area (Å²) >= 11 is 1.02. The van der Waals surface area contributed by atoms with Gasteiger partial charge in [-0.25, -0.2) is 8.78 Å². The molecule has 0 bridgehead atoms. The highest BCUT2D eigenvalue weighted by Crippen LogP contribution is 2.04. The van der Waals surface area contributed by atoms with Gasteiger partial charge in [-0.05, 0) is 0 Å². The number of alkyl halides is 2. The van der Waals surface area contributed by atoms with Gasteiger partial charge in [-0.1, -0.05) is 0 Å². The quantitative estimate of drug-likeness (QED) is 0.595. The van der Waals surface area contributed by atoms with Crippen molar-refractivity contribution in [2.75, 3.05) is 32.9 Å². The van der Waals surface area contributed by atoms with Crippen LogP contribution in [0.4, 0.5) is 8.78 Å². The summed E-state index contributed by atoms with van der Waals surface area (Å²) in [6, 6.07) is 0. The molecule has 9 heteroatoms. The SMILES string of the molecule is OC(CNCCOCC(F)F)COc1cnsn1. The van der Waals surface area contributed by atoms with E-state index in [1.165, 1.54) is 6.20 Å². The van der Waals surface area contributed by atoms with Crippen molar-refractivity contribution in [3.63, 3.8) is 0 Å². The maximum absolute atomic E-state index is 11.7. The smallest absolute Gasteiger partial charge is 0.261 e. The van der Waals surface area contributed by atoms with E-state index in [1.807, 2.05) is 0 Å². The molecule has 0 saturated heterocycles. The van der Waals surface area contributed by atoms with Crippen LogP contribution in [0.15, 0.2) is 6.20 Å². The maximum atomic E-state index is 11.7. The van der Waals surface area contributed by atoms with Gasteiger partial charge < -0.3 is 19.9 Å². The highest BCUT2D eigenvalue weighted by atomic mass is 32.1. The summed E-state index contributed by atoms with van der Waals surface area (Å²) in [4.78, 5) is 0. The van der Waals surface area contributed by atoms with Crippen molar-refractivity contribution in [1.82, 2.24) is 14.1 Å². The molecule has 0 saturated carbocycles. The lowest BCUT2D eigenvalue weighted by Gasteiger charge is -2.11. The molecule has 1 aromatic heterocycles. The summed E-state index contributed by atoms with van der Waals surface area (Å²) in [7, 11) is 0. The summed E-state index contributed by atoms with van der Waals surface area (Å²) in [6.45, 7) is 0.381. The van der Waals surface area contributed by atoms with Crippen LogP contribution in [0.3, 0.4) is 0 Å². The Hall–Kier alpha value is -0.900. The molecule has 0 aromatic carbocycles. The fraction of sp³-hybridized carbons (Fsp3) is 0.778. The van der Waals surface area contributed by atoms with Gasteiger partial charge in [-0.15, -0.1) is 4.37 Å². The first-order chi connectivity index (χ1) is 8.68. The van der Waals surface area contributed by atoms with Crippen LogP contribution in [0.25, 0.3) is 0 Å². The fourth-order valence-corrected chi connectivity index (χ4v) is 1.41. The van der Waals surface area contributed by atoms with E-state index in [2.05, 4.69) is 18.8 Å². The van der Waals surface area contributed by atoms with Gasteiger partial charge in [0.1, 0.15) is 25.5 Å². The van der Waals surface area contributed by atoms with E-state index in [4.69, 9.17) is 4.74 Å². The molecule has 1 heterocycles. The third-order valence-corrected chi connectivity index (χ3v) is 2.27. The summed E-state index contributed by atoms with van der Waals surface area (Å²) < 4.78 is 40.7. The normalized spacial score (nSPS) is 12.9.